The first kappa shape index (κ1) is 12.7. The van der Waals surface area contributed by atoms with Crippen LogP contribution in [-0.2, 0) is 0 Å². The quantitative estimate of drug-likeness (QED) is 0.763. The van der Waals surface area contributed by atoms with Crippen LogP contribution in [0.15, 0.2) is 12.4 Å². The van der Waals surface area contributed by atoms with E-state index in [0.29, 0.717) is 0 Å². The number of rotatable bonds is 2. The molecule has 1 aromatic heterocycles. The Morgan fingerprint density at radius 2 is 1.88 bits per heavy atom. The van der Waals surface area contributed by atoms with Crippen molar-refractivity contribution in [1.82, 2.24) is 15.3 Å². The lowest BCUT2D eigenvalue weighted by Crippen LogP contribution is -2.43. The number of halogens is 1. The Morgan fingerprint density at radius 3 is 2.38 bits per heavy atom. The molecule has 2 rings (SSSR count). The second-order valence-corrected chi connectivity index (χ2v) is 3.31. The van der Waals surface area contributed by atoms with Crippen molar-refractivity contribution in [2.45, 2.75) is 0 Å². The second kappa shape index (κ2) is 5.62. The van der Waals surface area contributed by atoms with E-state index in [9.17, 15) is 4.79 Å². The average Bonchev–Trinajstić information content (AvgIpc) is 2.30. The van der Waals surface area contributed by atoms with Gasteiger partial charge in [-0.25, -0.2) is 14.8 Å². The maximum absolute atomic E-state index is 10.5. The normalized spacial score (nSPS) is 15.4. The van der Waals surface area contributed by atoms with Crippen LogP contribution >= 0.6 is 12.4 Å². The van der Waals surface area contributed by atoms with Gasteiger partial charge in [0.15, 0.2) is 0 Å². The third-order valence-electron chi connectivity index (χ3n) is 2.31. The molecule has 0 saturated carbocycles. The second-order valence-electron chi connectivity index (χ2n) is 3.31. The van der Waals surface area contributed by atoms with Gasteiger partial charge in [0.05, 0.1) is 18.1 Å². The zero-order valence-corrected chi connectivity index (χ0v) is 9.40. The molecule has 0 unspecified atom stereocenters. The number of carboxylic acid groups (broad SMARTS) is 1. The Labute approximate surface area is 99.1 Å². The van der Waals surface area contributed by atoms with Crippen molar-refractivity contribution >= 4 is 24.1 Å². The number of carbonyl (C=O) groups is 1. The lowest BCUT2D eigenvalue weighted by molar-refractivity contribution is 0.0683. The Kier molecular flexibility index (Phi) is 4.45. The molecule has 2 N–H and O–H groups in total. The predicted molar refractivity (Wildman–Crippen MR) is 61.3 cm³/mol. The number of anilines is 1. The Bertz CT molecular complexity index is 351. The molecule has 2 heterocycles. The summed E-state index contributed by atoms with van der Waals surface area (Å²) in [4.78, 5) is 20.2. The summed E-state index contributed by atoms with van der Waals surface area (Å²) in [6, 6.07) is 0. The van der Waals surface area contributed by atoms with Gasteiger partial charge in [0.25, 0.3) is 0 Å². The third-order valence-corrected chi connectivity index (χ3v) is 2.31. The summed E-state index contributed by atoms with van der Waals surface area (Å²) in [6.45, 7) is 3.66. The molecule has 0 atom stereocenters. The molecular weight excluding hydrogens is 232 g/mol. The molecule has 6 nitrogen and oxygen atoms in total. The van der Waals surface area contributed by atoms with Gasteiger partial charge in [0, 0.05) is 26.2 Å². The molecule has 16 heavy (non-hydrogen) atoms. The van der Waals surface area contributed by atoms with Gasteiger partial charge in [-0.2, -0.15) is 0 Å². The van der Waals surface area contributed by atoms with Crippen molar-refractivity contribution < 1.29 is 9.90 Å². The van der Waals surface area contributed by atoms with Gasteiger partial charge in [0.2, 0.25) is 5.82 Å². The van der Waals surface area contributed by atoms with E-state index in [0.717, 1.165) is 31.9 Å². The van der Waals surface area contributed by atoms with Crippen LogP contribution in [0.5, 0.6) is 0 Å². The molecule has 1 aromatic rings. The minimum Gasteiger partial charge on any atom is -0.475 e. The van der Waals surface area contributed by atoms with Gasteiger partial charge in [-0.3, -0.25) is 0 Å². The largest absolute Gasteiger partial charge is 0.475 e. The third kappa shape index (κ3) is 2.80. The van der Waals surface area contributed by atoms with Gasteiger partial charge < -0.3 is 15.3 Å². The van der Waals surface area contributed by atoms with Crippen molar-refractivity contribution in [2.75, 3.05) is 31.1 Å². The van der Waals surface area contributed by atoms with Gasteiger partial charge >= 0.3 is 5.97 Å². The summed E-state index contributed by atoms with van der Waals surface area (Å²) in [5.41, 5.74) is 0.876. The summed E-state index contributed by atoms with van der Waals surface area (Å²) < 4.78 is 0. The topological polar surface area (TPSA) is 78.3 Å². The number of hydrogen-bond donors (Lipinski definition) is 2. The van der Waals surface area contributed by atoms with Crippen LogP contribution < -0.4 is 10.2 Å². The standard InChI is InChI=1S/C9H12N4O2.ClH/c14-9(15)8-11-5-7(6-12-8)13-3-1-10-2-4-13;/h5-6,10H,1-4H2,(H,14,15);1H. The lowest BCUT2D eigenvalue weighted by atomic mass is 10.3. The molecule has 0 aliphatic carbocycles. The summed E-state index contributed by atoms with van der Waals surface area (Å²) in [6.07, 6.45) is 3.11. The fourth-order valence-corrected chi connectivity index (χ4v) is 1.52. The minimum absolute atomic E-state index is 0. The van der Waals surface area contributed by atoms with E-state index in [4.69, 9.17) is 5.11 Å². The lowest BCUT2D eigenvalue weighted by Gasteiger charge is -2.28. The van der Waals surface area contributed by atoms with Crippen molar-refractivity contribution in [3.8, 4) is 0 Å². The fourth-order valence-electron chi connectivity index (χ4n) is 1.52. The molecule has 1 aliphatic rings. The van der Waals surface area contributed by atoms with E-state index in [2.05, 4.69) is 20.2 Å². The van der Waals surface area contributed by atoms with Crippen molar-refractivity contribution in [3.63, 3.8) is 0 Å². The first-order valence-electron chi connectivity index (χ1n) is 4.78. The molecule has 0 bridgehead atoms. The first-order chi connectivity index (χ1) is 7.27. The van der Waals surface area contributed by atoms with Crippen molar-refractivity contribution in [1.29, 1.82) is 0 Å². The fraction of sp³-hybridized carbons (Fsp3) is 0.444. The van der Waals surface area contributed by atoms with Crippen molar-refractivity contribution in [2.24, 2.45) is 0 Å². The number of carboxylic acids is 1. The van der Waals surface area contributed by atoms with Gasteiger partial charge in [-0.05, 0) is 0 Å². The zero-order valence-electron chi connectivity index (χ0n) is 8.59. The maximum atomic E-state index is 10.5. The molecular formula is C9H13ClN4O2. The van der Waals surface area contributed by atoms with E-state index >= 15 is 0 Å². The number of piperazine rings is 1. The Morgan fingerprint density at radius 1 is 1.31 bits per heavy atom. The number of aromatic carboxylic acids is 1. The molecule has 7 heteroatoms. The predicted octanol–water partition coefficient (Wildman–Crippen LogP) is 0.00620. The Balaban J connectivity index is 0.00000128. The number of nitrogens with one attached hydrogen (secondary N) is 1. The van der Waals surface area contributed by atoms with E-state index in [1.54, 1.807) is 12.4 Å². The molecule has 0 radical (unpaired) electrons. The molecule has 88 valence electrons. The van der Waals surface area contributed by atoms with Crippen molar-refractivity contribution in [3.05, 3.63) is 18.2 Å². The number of hydrogen-bond acceptors (Lipinski definition) is 5. The average molecular weight is 245 g/mol. The summed E-state index contributed by atoms with van der Waals surface area (Å²) in [7, 11) is 0. The Hall–Kier alpha value is -1.40. The highest BCUT2D eigenvalue weighted by molar-refractivity contribution is 5.85. The van der Waals surface area contributed by atoms with Gasteiger partial charge in [-0.15, -0.1) is 12.4 Å². The van der Waals surface area contributed by atoms with Crippen LogP contribution in [0.2, 0.25) is 0 Å². The first-order valence-corrected chi connectivity index (χ1v) is 4.78. The van der Waals surface area contributed by atoms with Crippen LogP contribution in [0.1, 0.15) is 10.6 Å². The van der Waals surface area contributed by atoms with Gasteiger partial charge in [-0.1, -0.05) is 0 Å². The van der Waals surface area contributed by atoms with Crippen LogP contribution in [0.4, 0.5) is 5.69 Å². The summed E-state index contributed by atoms with van der Waals surface area (Å²) >= 11 is 0. The van der Waals surface area contributed by atoms with E-state index < -0.39 is 5.97 Å². The highest BCUT2D eigenvalue weighted by Gasteiger charge is 2.12. The number of aromatic nitrogens is 2. The van der Waals surface area contributed by atoms with Crippen LogP contribution in [-0.4, -0.2) is 47.2 Å². The van der Waals surface area contributed by atoms with E-state index in [-0.39, 0.29) is 18.2 Å². The molecule has 1 saturated heterocycles. The van der Waals surface area contributed by atoms with E-state index in [1.807, 2.05) is 0 Å². The smallest absolute Gasteiger partial charge is 0.373 e. The highest BCUT2D eigenvalue weighted by atomic mass is 35.5. The number of nitrogens with zero attached hydrogens (tertiary/aromatic N) is 3. The van der Waals surface area contributed by atoms with Crippen LogP contribution in [0.3, 0.4) is 0 Å². The molecule has 1 aliphatic heterocycles. The molecule has 0 spiro atoms. The summed E-state index contributed by atoms with van der Waals surface area (Å²) in [5, 5.41) is 11.9. The van der Waals surface area contributed by atoms with Gasteiger partial charge in [0.1, 0.15) is 0 Å². The van der Waals surface area contributed by atoms with Crippen LogP contribution in [0.25, 0.3) is 0 Å². The molecule has 0 amide bonds. The SMILES string of the molecule is Cl.O=C(O)c1ncc(N2CCNCC2)cn1. The van der Waals surface area contributed by atoms with E-state index in [1.165, 1.54) is 0 Å². The molecule has 1 fully saturated rings. The van der Waals surface area contributed by atoms with Crippen LogP contribution in [0, 0.1) is 0 Å². The minimum atomic E-state index is -1.10. The highest BCUT2D eigenvalue weighted by Crippen LogP contribution is 2.11. The summed E-state index contributed by atoms with van der Waals surface area (Å²) in [5.74, 6) is -1.25. The monoisotopic (exact) mass is 244 g/mol. The zero-order chi connectivity index (χ0) is 10.7. The molecule has 0 aromatic carbocycles. The maximum Gasteiger partial charge on any atom is 0.373 e.